The maximum Gasteiger partial charge on any atom is 0.0462 e. The Morgan fingerprint density at radius 2 is 1.94 bits per heavy atom. The van der Waals surface area contributed by atoms with E-state index in [9.17, 15) is 5.11 Å². The molecule has 102 valence electrons. The predicted molar refractivity (Wildman–Crippen MR) is 74.1 cm³/mol. The highest BCUT2D eigenvalue weighted by molar-refractivity contribution is 4.79. The van der Waals surface area contributed by atoms with Gasteiger partial charge in [0.1, 0.15) is 0 Å². The van der Waals surface area contributed by atoms with Gasteiger partial charge in [0.25, 0.3) is 0 Å². The molecule has 0 aliphatic heterocycles. The molecule has 0 aromatic rings. The molecule has 1 aliphatic carbocycles. The van der Waals surface area contributed by atoms with Crippen LogP contribution in [0.2, 0.25) is 0 Å². The first-order valence-corrected chi connectivity index (χ1v) is 7.62. The summed E-state index contributed by atoms with van der Waals surface area (Å²) < 4.78 is 0. The van der Waals surface area contributed by atoms with Gasteiger partial charge in [-0.25, -0.2) is 0 Å². The molecule has 2 heteroatoms. The van der Waals surface area contributed by atoms with Crippen LogP contribution >= 0.6 is 0 Å². The molecule has 1 fully saturated rings. The van der Waals surface area contributed by atoms with Gasteiger partial charge >= 0.3 is 0 Å². The standard InChI is InChI=1S/C15H31NO/c1-3-4-5-6-8-13(2)16-11-14-9-7-10-15(14)12-17/h13-17H,3-12H2,1-2H3. The van der Waals surface area contributed by atoms with Crippen LogP contribution < -0.4 is 5.32 Å². The van der Waals surface area contributed by atoms with Gasteiger partial charge in [-0.2, -0.15) is 0 Å². The van der Waals surface area contributed by atoms with Crippen LogP contribution in [0.1, 0.15) is 65.2 Å². The second kappa shape index (κ2) is 8.93. The fraction of sp³-hybridized carbons (Fsp3) is 1.00. The van der Waals surface area contributed by atoms with E-state index in [4.69, 9.17) is 0 Å². The molecule has 2 N–H and O–H groups in total. The van der Waals surface area contributed by atoms with Gasteiger partial charge in [-0.05, 0) is 44.6 Å². The first kappa shape index (κ1) is 15.0. The van der Waals surface area contributed by atoms with Gasteiger partial charge in [0, 0.05) is 12.6 Å². The number of nitrogens with one attached hydrogen (secondary N) is 1. The molecular weight excluding hydrogens is 210 g/mol. The van der Waals surface area contributed by atoms with Gasteiger partial charge in [-0.3, -0.25) is 0 Å². The molecule has 1 aliphatic rings. The van der Waals surface area contributed by atoms with E-state index in [0.717, 1.165) is 12.5 Å². The molecule has 0 amide bonds. The molecule has 0 radical (unpaired) electrons. The minimum absolute atomic E-state index is 0.386. The predicted octanol–water partition coefficient (Wildman–Crippen LogP) is 3.34. The van der Waals surface area contributed by atoms with Crippen LogP contribution in [0.15, 0.2) is 0 Å². The van der Waals surface area contributed by atoms with Gasteiger partial charge in [0.2, 0.25) is 0 Å². The highest BCUT2D eigenvalue weighted by atomic mass is 16.3. The van der Waals surface area contributed by atoms with Crippen molar-refractivity contribution in [3.05, 3.63) is 0 Å². The van der Waals surface area contributed by atoms with Crippen LogP contribution in [0.4, 0.5) is 0 Å². The van der Waals surface area contributed by atoms with Crippen LogP contribution in [0.25, 0.3) is 0 Å². The number of hydrogen-bond donors (Lipinski definition) is 2. The van der Waals surface area contributed by atoms with E-state index in [-0.39, 0.29) is 0 Å². The Hall–Kier alpha value is -0.0800. The number of rotatable bonds is 9. The van der Waals surface area contributed by atoms with Gasteiger partial charge in [-0.1, -0.05) is 39.0 Å². The summed E-state index contributed by atoms with van der Waals surface area (Å²) in [6, 6.07) is 0.645. The fourth-order valence-electron chi connectivity index (χ4n) is 2.95. The van der Waals surface area contributed by atoms with Crippen LogP contribution in [-0.2, 0) is 0 Å². The third-order valence-electron chi connectivity index (χ3n) is 4.27. The van der Waals surface area contributed by atoms with Crippen LogP contribution in [0.5, 0.6) is 0 Å². The average Bonchev–Trinajstić information content (AvgIpc) is 2.79. The third-order valence-corrected chi connectivity index (χ3v) is 4.27. The monoisotopic (exact) mass is 241 g/mol. The van der Waals surface area contributed by atoms with Crippen LogP contribution in [0.3, 0.4) is 0 Å². The third kappa shape index (κ3) is 5.87. The second-order valence-electron chi connectivity index (χ2n) is 5.79. The SMILES string of the molecule is CCCCCCC(C)NCC1CCCC1CO. The summed E-state index contributed by atoms with van der Waals surface area (Å²) in [4.78, 5) is 0. The van der Waals surface area contributed by atoms with Crippen molar-refractivity contribution in [2.24, 2.45) is 11.8 Å². The molecule has 1 saturated carbocycles. The number of aliphatic hydroxyl groups excluding tert-OH is 1. The Balaban J connectivity index is 2.04. The molecule has 0 aromatic heterocycles. The zero-order chi connectivity index (χ0) is 12.5. The van der Waals surface area contributed by atoms with E-state index in [0.29, 0.717) is 18.6 Å². The van der Waals surface area contributed by atoms with Crippen LogP contribution in [-0.4, -0.2) is 24.3 Å². The van der Waals surface area contributed by atoms with Crippen molar-refractivity contribution in [3.8, 4) is 0 Å². The molecule has 0 saturated heterocycles. The minimum atomic E-state index is 0.386. The van der Waals surface area contributed by atoms with Crippen molar-refractivity contribution in [2.45, 2.75) is 71.3 Å². The van der Waals surface area contributed by atoms with Crippen molar-refractivity contribution in [1.29, 1.82) is 0 Å². The van der Waals surface area contributed by atoms with Crippen molar-refractivity contribution < 1.29 is 5.11 Å². The summed E-state index contributed by atoms with van der Waals surface area (Å²) in [7, 11) is 0. The normalized spacial score (nSPS) is 26.3. The lowest BCUT2D eigenvalue weighted by Gasteiger charge is -2.21. The molecule has 0 heterocycles. The molecular formula is C15H31NO. The zero-order valence-corrected chi connectivity index (χ0v) is 11.8. The fourth-order valence-corrected chi connectivity index (χ4v) is 2.95. The Labute approximate surface area is 107 Å². The molecule has 17 heavy (non-hydrogen) atoms. The van der Waals surface area contributed by atoms with E-state index in [1.807, 2.05) is 0 Å². The summed E-state index contributed by atoms with van der Waals surface area (Å²) >= 11 is 0. The van der Waals surface area contributed by atoms with Gasteiger partial charge in [0.15, 0.2) is 0 Å². The number of unbranched alkanes of at least 4 members (excludes halogenated alkanes) is 3. The largest absolute Gasteiger partial charge is 0.396 e. The van der Waals surface area contributed by atoms with Gasteiger partial charge in [-0.15, -0.1) is 0 Å². The number of aliphatic hydroxyl groups is 1. The lowest BCUT2D eigenvalue weighted by Crippen LogP contribution is -2.33. The topological polar surface area (TPSA) is 32.3 Å². The summed E-state index contributed by atoms with van der Waals surface area (Å²) in [6.07, 6.45) is 10.6. The maximum absolute atomic E-state index is 9.27. The summed E-state index contributed by atoms with van der Waals surface area (Å²) in [5.74, 6) is 1.29. The van der Waals surface area contributed by atoms with Crippen molar-refractivity contribution in [3.63, 3.8) is 0 Å². The van der Waals surface area contributed by atoms with E-state index in [1.54, 1.807) is 0 Å². The van der Waals surface area contributed by atoms with Crippen molar-refractivity contribution >= 4 is 0 Å². The second-order valence-corrected chi connectivity index (χ2v) is 5.79. The molecule has 3 atom stereocenters. The highest BCUT2D eigenvalue weighted by Gasteiger charge is 2.26. The summed E-state index contributed by atoms with van der Waals surface area (Å²) in [6.45, 7) is 6.06. The Kier molecular flexibility index (Phi) is 7.87. The van der Waals surface area contributed by atoms with E-state index < -0.39 is 0 Å². The smallest absolute Gasteiger partial charge is 0.0462 e. The molecule has 2 nitrogen and oxygen atoms in total. The van der Waals surface area contributed by atoms with Gasteiger partial charge in [0.05, 0.1) is 0 Å². The lowest BCUT2D eigenvalue weighted by molar-refractivity contribution is 0.190. The Morgan fingerprint density at radius 3 is 2.65 bits per heavy atom. The zero-order valence-electron chi connectivity index (χ0n) is 11.8. The average molecular weight is 241 g/mol. The molecule has 0 spiro atoms. The molecule has 3 unspecified atom stereocenters. The van der Waals surface area contributed by atoms with Crippen molar-refractivity contribution in [2.75, 3.05) is 13.2 Å². The molecule has 0 aromatic carbocycles. The minimum Gasteiger partial charge on any atom is -0.396 e. The highest BCUT2D eigenvalue weighted by Crippen LogP contribution is 2.30. The Morgan fingerprint density at radius 1 is 1.18 bits per heavy atom. The molecule has 1 rings (SSSR count). The van der Waals surface area contributed by atoms with E-state index in [1.165, 1.54) is 51.4 Å². The van der Waals surface area contributed by atoms with Crippen LogP contribution in [0, 0.1) is 11.8 Å². The first-order valence-electron chi connectivity index (χ1n) is 7.62. The molecule has 0 bridgehead atoms. The summed E-state index contributed by atoms with van der Waals surface area (Å²) in [5.41, 5.74) is 0. The van der Waals surface area contributed by atoms with E-state index >= 15 is 0 Å². The van der Waals surface area contributed by atoms with Crippen molar-refractivity contribution in [1.82, 2.24) is 5.32 Å². The first-order chi connectivity index (χ1) is 8.27. The number of hydrogen-bond acceptors (Lipinski definition) is 2. The maximum atomic E-state index is 9.27. The lowest BCUT2D eigenvalue weighted by atomic mass is 9.96. The van der Waals surface area contributed by atoms with E-state index in [2.05, 4.69) is 19.2 Å². The summed E-state index contributed by atoms with van der Waals surface area (Å²) in [5, 5.41) is 12.9. The van der Waals surface area contributed by atoms with Gasteiger partial charge < -0.3 is 10.4 Å². The quantitative estimate of drug-likeness (QED) is 0.607. The Bertz CT molecular complexity index is 184.